The molecule has 2 aromatic rings. The normalized spacial score (nSPS) is 12.8. The molecule has 4 N–H and O–H groups in total. The van der Waals surface area contributed by atoms with E-state index in [1.165, 1.54) is 28.7 Å². The van der Waals surface area contributed by atoms with E-state index in [9.17, 15) is 0 Å². The first-order valence-electron chi connectivity index (χ1n) is 9.46. The van der Waals surface area contributed by atoms with Crippen LogP contribution < -0.4 is 11.5 Å². The van der Waals surface area contributed by atoms with Crippen molar-refractivity contribution in [1.82, 2.24) is 0 Å². The molecule has 0 saturated carbocycles. The third kappa shape index (κ3) is 4.56. The number of nitrogens with two attached hydrogens (primary N) is 2. The van der Waals surface area contributed by atoms with E-state index in [2.05, 4.69) is 65.8 Å². The summed E-state index contributed by atoms with van der Waals surface area (Å²) in [4.78, 5) is 0. The summed E-state index contributed by atoms with van der Waals surface area (Å²) in [5, 5.41) is 0. The topological polar surface area (TPSA) is 52.0 Å². The molecular weight excluding hydrogens is 304 g/mol. The molecule has 2 nitrogen and oxygen atoms in total. The number of anilines is 2. The predicted octanol–water partition coefficient (Wildman–Crippen LogP) is 6.16. The van der Waals surface area contributed by atoms with Crippen molar-refractivity contribution in [3.8, 4) is 0 Å². The number of aryl methyl sites for hydroxylation is 2. The van der Waals surface area contributed by atoms with Gasteiger partial charge in [0, 0.05) is 17.3 Å². The zero-order valence-electron chi connectivity index (χ0n) is 16.7. The van der Waals surface area contributed by atoms with E-state index in [1.54, 1.807) is 0 Å². The quantitative estimate of drug-likeness (QED) is 0.620. The summed E-state index contributed by atoms with van der Waals surface area (Å²) in [5.74, 6) is 1.51. The Balaban J connectivity index is 2.53. The maximum Gasteiger partial charge on any atom is 0.0379 e. The monoisotopic (exact) mass is 338 g/mol. The van der Waals surface area contributed by atoms with Gasteiger partial charge in [0.2, 0.25) is 0 Å². The van der Waals surface area contributed by atoms with E-state index in [1.807, 2.05) is 6.07 Å². The summed E-state index contributed by atoms with van der Waals surface area (Å²) in [6.45, 7) is 13.2. The highest BCUT2D eigenvalue weighted by Crippen LogP contribution is 2.36. The van der Waals surface area contributed by atoms with Crippen LogP contribution >= 0.6 is 0 Å². The molecule has 0 aliphatic rings. The molecule has 0 amide bonds. The first-order valence-corrected chi connectivity index (χ1v) is 9.46. The molecule has 0 spiro atoms. The van der Waals surface area contributed by atoms with Crippen LogP contribution in [0, 0.1) is 19.8 Å². The van der Waals surface area contributed by atoms with Crippen molar-refractivity contribution in [3.05, 3.63) is 58.1 Å². The predicted molar refractivity (Wildman–Crippen MR) is 111 cm³/mol. The summed E-state index contributed by atoms with van der Waals surface area (Å²) >= 11 is 0. The molecule has 1 atom stereocenters. The van der Waals surface area contributed by atoms with Crippen LogP contribution in [0.15, 0.2) is 30.3 Å². The van der Waals surface area contributed by atoms with Crippen molar-refractivity contribution in [2.75, 3.05) is 11.5 Å². The lowest BCUT2D eigenvalue weighted by atomic mass is 9.82. The van der Waals surface area contributed by atoms with E-state index < -0.39 is 0 Å². The molecule has 1 unspecified atom stereocenters. The Labute approximate surface area is 153 Å². The first-order chi connectivity index (χ1) is 11.7. The fourth-order valence-corrected chi connectivity index (χ4v) is 3.47. The van der Waals surface area contributed by atoms with Gasteiger partial charge in [-0.3, -0.25) is 0 Å². The molecule has 2 rings (SSSR count). The van der Waals surface area contributed by atoms with Gasteiger partial charge in [-0.2, -0.15) is 0 Å². The Hall–Kier alpha value is -1.96. The van der Waals surface area contributed by atoms with Gasteiger partial charge in [-0.25, -0.2) is 0 Å². The number of hydrogen-bond donors (Lipinski definition) is 2. The van der Waals surface area contributed by atoms with Gasteiger partial charge in [0.15, 0.2) is 0 Å². The van der Waals surface area contributed by atoms with Crippen molar-refractivity contribution in [1.29, 1.82) is 0 Å². The Bertz CT molecular complexity index is 729. The van der Waals surface area contributed by atoms with Crippen molar-refractivity contribution in [2.45, 2.75) is 66.2 Å². The molecular formula is C23H34N2. The Morgan fingerprint density at radius 3 is 2.00 bits per heavy atom. The van der Waals surface area contributed by atoms with Gasteiger partial charge in [0.05, 0.1) is 0 Å². The molecule has 0 fully saturated rings. The zero-order chi connectivity index (χ0) is 18.7. The van der Waals surface area contributed by atoms with Crippen LogP contribution in [0.25, 0.3) is 0 Å². The molecule has 2 aromatic carbocycles. The standard InChI is InChI=1S/C23H34N2/c1-14(2)7-9-20(18-8-10-22(24)16(5)11-18)19-12-17(6)23(25)21(13-19)15(3)4/h8,10-15,20H,7,9,24-25H2,1-6H3. The van der Waals surface area contributed by atoms with E-state index in [4.69, 9.17) is 11.5 Å². The van der Waals surface area contributed by atoms with Crippen LogP contribution in [-0.4, -0.2) is 0 Å². The summed E-state index contributed by atoms with van der Waals surface area (Å²) in [6.07, 6.45) is 2.34. The lowest BCUT2D eigenvalue weighted by Crippen LogP contribution is -2.08. The minimum absolute atomic E-state index is 0.387. The van der Waals surface area contributed by atoms with E-state index in [0.717, 1.165) is 23.4 Å². The van der Waals surface area contributed by atoms with Gasteiger partial charge < -0.3 is 11.5 Å². The molecule has 0 heterocycles. The number of rotatable bonds is 6. The summed E-state index contributed by atoms with van der Waals surface area (Å²) < 4.78 is 0. The van der Waals surface area contributed by atoms with Gasteiger partial charge in [0.1, 0.15) is 0 Å². The van der Waals surface area contributed by atoms with Gasteiger partial charge >= 0.3 is 0 Å². The molecule has 0 bridgehead atoms. The van der Waals surface area contributed by atoms with Crippen LogP contribution in [-0.2, 0) is 0 Å². The lowest BCUT2D eigenvalue weighted by Gasteiger charge is -2.23. The first kappa shape index (κ1) is 19.4. The van der Waals surface area contributed by atoms with Crippen LogP contribution in [0.5, 0.6) is 0 Å². The molecule has 25 heavy (non-hydrogen) atoms. The van der Waals surface area contributed by atoms with Crippen LogP contribution in [0.3, 0.4) is 0 Å². The second-order valence-electron chi connectivity index (χ2n) is 8.14. The fraction of sp³-hybridized carbons (Fsp3) is 0.478. The highest BCUT2D eigenvalue weighted by atomic mass is 14.6. The third-order valence-corrected chi connectivity index (χ3v) is 5.19. The second-order valence-corrected chi connectivity index (χ2v) is 8.14. The zero-order valence-corrected chi connectivity index (χ0v) is 16.7. The minimum Gasteiger partial charge on any atom is -0.399 e. The molecule has 0 radical (unpaired) electrons. The Morgan fingerprint density at radius 2 is 1.44 bits per heavy atom. The summed E-state index contributed by atoms with van der Waals surface area (Å²) in [7, 11) is 0. The van der Waals surface area contributed by atoms with Gasteiger partial charge in [-0.1, -0.05) is 58.4 Å². The Morgan fingerprint density at radius 1 is 0.800 bits per heavy atom. The van der Waals surface area contributed by atoms with Crippen LogP contribution in [0.1, 0.15) is 80.2 Å². The number of hydrogen-bond acceptors (Lipinski definition) is 2. The molecule has 2 heteroatoms. The van der Waals surface area contributed by atoms with E-state index >= 15 is 0 Å². The van der Waals surface area contributed by atoms with Gasteiger partial charge in [-0.15, -0.1) is 0 Å². The average molecular weight is 339 g/mol. The van der Waals surface area contributed by atoms with E-state index in [0.29, 0.717) is 17.8 Å². The average Bonchev–Trinajstić information content (AvgIpc) is 2.53. The van der Waals surface area contributed by atoms with Crippen molar-refractivity contribution in [3.63, 3.8) is 0 Å². The number of nitrogen functional groups attached to an aromatic ring is 2. The van der Waals surface area contributed by atoms with Crippen LogP contribution in [0.4, 0.5) is 11.4 Å². The van der Waals surface area contributed by atoms with Crippen LogP contribution in [0.2, 0.25) is 0 Å². The largest absolute Gasteiger partial charge is 0.399 e. The second kappa shape index (κ2) is 7.95. The van der Waals surface area contributed by atoms with Gasteiger partial charge in [-0.05, 0) is 66.0 Å². The minimum atomic E-state index is 0.387. The number of benzene rings is 2. The lowest BCUT2D eigenvalue weighted by molar-refractivity contribution is 0.528. The molecule has 0 aliphatic heterocycles. The van der Waals surface area contributed by atoms with Gasteiger partial charge in [0.25, 0.3) is 0 Å². The molecule has 0 saturated heterocycles. The fourth-order valence-electron chi connectivity index (χ4n) is 3.47. The van der Waals surface area contributed by atoms with Crippen molar-refractivity contribution >= 4 is 11.4 Å². The SMILES string of the molecule is Cc1cc(C(CCC(C)C)c2cc(C)c(N)c(C(C)C)c2)ccc1N. The highest BCUT2D eigenvalue weighted by molar-refractivity contribution is 5.58. The van der Waals surface area contributed by atoms with Crippen molar-refractivity contribution < 1.29 is 0 Å². The third-order valence-electron chi connectivity index (χ3n) is 5.19. The summed E-state index contributed by atoms with van der Waals surface area (Å²) in [6, 6.07) is 11.1. The smallest absolute Gasteiger partial charge is 0.0379 e. The van der Waals surface area contributed by atoms with Crippen molar-refractivity contribution in [2.24, 2.45) is 5.92 Å². The molecule has 0 aliphatic carbocycles. The van der Waals surface area contributed by atoms with E-state index in [-0.39, 0.29) is 0 Å². The maximum atomic E-state index is 6.34. The molecule has 136 valence electrons. The summed E-state index contributed by atoms with van der Waals surface area (Å²) in [5.41, 5.74) is 20.5. The Kier molecular flexibility index (Phi) is 6.16. The maximum absolute atomic E-state index is 6.34. The highest BCUT2D eigenvalue weighted by Gasteiger charge is 2.19. The molecule has 0 aromatic heterocycles.